The van der Waals surface area contributed by atoms with Crippen molar-refractivity contribution < 1.29 is 9.59 Å². The Kier molecular flexibility index (Phi) is 6.17. The second kappa shape index (κ2) is 8.33. The lowest BCUT2D eigenvalue weighted by Gasteiger charge is -2.10. The van der Waals surface area contributed by atoms with E-state index in [1.165, 1.54) is 0 Å². The summed E-state index contributed by atoms with van der Waals surface area (Å²) in [7, 11) is 0. The summed E-state index contributed by atoms with van der Waals surface area (Å²) in [5, 5.41) is 8.62. The van der Waals surface area contributed by atoms with E-state index < -0.39 is 0 Å². The topological polar surface area (TPSA) is 70.2 Å². The summed E-state index contributed by atoms with van der Waals surface area (Å²) in [6.07, 6.45) is 0.423. The van der Waals surface area contributed by atoms with Crippen LogP contribution in [-0.2, 0) is 9.59 Å². The molecule has 0 aliphatic rings. The SMILES string of the molecule is CCC(=O)Nc1cccc(NCC(=O)Nc2cccc(Br)c2)c1. The number of anilines is 3. The smallest absolute Gasteiger partial charge is 0.243 e. The van der Waals surface area contributed by atoms with Gasteiger partial charge in [0.15, 0.2) is 0 Å². The fourth-order valence-electron chi connectivity index (χ4n) is 1.91. The predicted octanol–water partition coefficient (Wildman–Crippen LogP) is 3.85. The summed E-state index contributed by atoms with van der Waals surface area (Å²) in [4.78, 5) is 23.3. The highest BCUT2D eigenvalue weighted by Gasteiger charge is 2.04. The number of carbonyl (C=O) groups is 2. The van der Waals surface area contributed by atoms with Gasteiger partial charge in [-0.05, 0) is 36.4 Å². The highest BCUT2D eigenvalue weighted by Crippen LogP contribution is 2.17. The molecule has 0 saturated carbocycles. The van der Waals surface area contributed by atoms with Crippen LogP contribution in [0.4, 0.5) is 17.1 Å². The zero-order chi connectivity index (χ0) is 16.7. The van der Waals surface area contributed by atoms with Gasteiger partial charge in [-0.2, -0.15) is 0 Å². The van der Waals surface area contributed by atoms with Gasteiger partial charge in [-0.1, -0.05) is 35.0 Å². The van der Waals surface area contributed by atoms with E-state index in [1.54, 1.807) is 19.1 Å². The molecule has 2 rings (SSSR count). The molecule has 0 saturated heterocycles. The second-order valence-electron chi connectivity index (χ2n) is 4.89. The van der Waals surface area contributed by atoms with Gasteiger partial charge in [-0.3, -0.25) is 9.59 Å². The van der Waals surface area contributed by atoms with Crippen LogP contribution in [-0.4, -0.2) is 18.4 Å². The second-order valence-corrected chi connectivity index (χ2v) is 5.81. The molecule has 2 aromatic carbocycles. The summed E-state index contributed by atoms with van der Waals surface area (Å²) >= 11 is 3.36. The van der Waals surface area contributed by atoms with Gasteiger partial charge in [-0.25, -0.2) is 0 Å². The first kappa shape index (κ1) is 17.0. The van der Waals surface area contributed by atoms with Crippen molar-refractivity contribution in [3.63, 3.8) is 0 Å². The van der Waals surface area contributed by atoms with Crippen LogP contribution in [0.3, 0.4) is 0 Å². The Balaban J connectivity index is 1.89. The Morgan fingerprint density at radius 2 is 1.52 bits per heavy atom. The lowest BCUT2D eigenvalue weighted by atomic mass is 10.2. The van der Waals surface area contributed by atoms with E-state index in [0.717, 1.165) is 15.8 Å². The molecule has 120 valence electrons. The fourth-order valence-corrected chi connectivity index (χ4v) is 2.31. The molecule has 3 N–H and O–H groups in total. The molecule has 0 unspecified atom stereocenters. The van der Waals surface area contributed by atoms with Gasteiger partial charge in [0.25, 0.3) is 0 Å². The highest BCUT2D eigenvalue weighted by atomic mass is 79.9. The number of benzene rings is 2. The van der Waals surface area contributed by atoms with Crippen molar-refractivity contribution in [1.82, 2.24) is 0 Å². The lowest BCUT2D eigenvalue weighted by Crippen LogP contribution is -2.21. The monoisotopic (exact) mass is 375 g/mol. The molecule has 0 atom stereocenters. The Bertz CT molecular complexity index is 704. The summed E-state index contributed by atoms with van der Waals surface area (Å²) in [5.41, 5.74) is 2.20. The zero-order valence-corrected chi connectivity index (χ0v) is 14.3. The van der Waals surface area contributed by atoms with E-state index in [0.29, 0.717) is 12.1 Å². The van der Waals surface area contributed by atoms with Crippen molar-refractivity contribution in [2.24, 2.45) is 0 Å². The minimum atomic E-state index is -0.147. The normalized spacial score (nSPS) is 10.0. The molecule has 0 spiro atoms. The molecule has 5 nitrogen and oxygen atoms in total. The van der Waals surface area contributed by atoms with Crippen LogP contribution in [0.1, 0.15) is 13.3 Å². The third-order valence-corrected chi connectivity index (χ3v) is 3.52. The summed E-state index contributed by atoms with van der Waals surface area (Å²) in [5.74, 6) is -0.194. The van der Waals surface area contributed by atoms with E-state index in [9.17, 15) is 9.59 Å². The minimum Gasteiger partial charge on any atom is -0.376 e. The zero-order valence-electron chi connectivity index (χ0n) is 12.7. The minimum absolute atomic E-state index is 0.0467. The maximum absolute atomic E-state index is 11.9. The van der Waals surface area contributed by atoms with Crippen LogP contribution in [0.25, 0.3) is 0 Å². The molecule has 0 bridgehead atoms. The molecule has 23 heavy (non-hydrogen) atoms. The molecule has 0 aliphatic heterocycles. The van der Waals surface area contributed by atoms with Gasteiger partial charge in [0, 0.05) is 28.0 Å². The number of halogens is 1. The third kappa shape index (κ3) is 5.75. The standard InChI is InChI=1S/C17H18BrN3O2/c1-2-16(22)20-15-8-4-6-13(10-15)19-11-17(23)21-14-7-3-5-12(18)9-14/h3-10,19H,2,11H2,1H3,(H,20,22)(H,21,23). The maximum atomic E-state index is 11.9. The quantitative estimate of drug-likeness (QED) is 0.717. The van der Waals surface area contributed by atoms with Gasteiger partial charge in [-0.15, -0.1) is 0 Å². The summed E-state index contributed by atoms with van der Waals surface area (Å²) in [6, 6.07) is 14.7. The van der Waals surface area contributed by atoms with E-state index in [1.807, 2.05) is 36.4 Å². The van der Waals surface area contributed by atoms with E-state index >= 15 is 0 Å². The third-order valence-electron chi connectivity index (χ3n) is 3.03. The molecule has 2 amide bonds. The Morgan fingerprint density at radius 1 is 0.913 bits per heavy atom. The van der Waals surface area contributed by atoms with Crippen molar-refractivity contribution >= 4 is 44.8 Å². The maximum Gasteiger partial charge on any atom is 0.243 e. The number of hydrogen-bond donors (Lipinski definition) is 3. The molecule has 0 aromatic heterocycles. The molecule has 0 aliphatic carbocycles. The fraction of sp³-hybridized carbons (Fsp3) is 0.176. The van der Waals surface area contributed by atoms with Crippen molar-refractivity contribution in [3.05, 3.63) is 53.0 Å². The summed E-state index contributed by atoms with van der Waals surface area (Å²) in [6.45, 7) is 1.93. The average molecular weight is 376 g/mol. The molecule has 2 aromatic rings. The molecular formula is C17H18BrN3O2. The van der Waals surface area contributed by atoms with Crippen molar-refractivity contribution in [1.29, 1.82) is 0 Å². The van der Waals surface area contributed by atoms with Crippen molar-refractivity contribution in [2.75, 3.05) is 22.5 Å². The number of nitrogens with one attached hydrogen (secondary N) is 3. The molecule has 6 heteroatoms. The van der Waals surface area contributed by atoms with Crippen LogP contribution < -0.4 is 16.0 Å². The van der Waals surface area contributed by atoms with E-state index in [4.69, 9.17) is 0 Å². The van der Waals surface area contributed by atoms with Gasteiger partial charge in [0.2, 0.25) is 11.8 Å². The largest absolute Gasteiger partial charge is 0.376 e. The van der Waals surface area contributed by atoms with Gasteiger partial charge in [0.1, 0.15) is 0 Å². The van der Waals surface area contributed by atoms with Crippen LogP contribution in [0.2, 0.25) is 0 Å². The first-order valence-electron chi connectivity index (χ1n) is 7.26. The first-order valence-corrected chi connectivity index (χ1v) is 8.05. The van der Waals surface area contributed by atoms with Crippen LogP contribution >= 0.6 is 15.9 Å². The van der Waals surface area contributed by atoms with Gasteiger partial charge in [0.05, 0.1) is 6.54 Å². The molecular weight excluding hydrogens is 358 g/mol. The van der Waals surface area contributed by atoms with Gasteiger partial charge >= 0.3 is 0 Å². The van der Waals surface area contributed by atoms with Gasteiger partial charge < -0.3 is 16.0 Å². The molecule has 0 radical (unpaired) electrons. The van der Waals surface area contributed by atoms with Crippen molar-refractivity contribution in [2.45, 2.75) is 13.3 Å². The summed E-state index contributed by atoms with van der Waals surface area (Å²) < 4.78 is 0.905. The van der Waals surface area contributed by atoms with Crippen molar-refractivity contribution in [3.8, 4) is 0 Å². The Hall–Kier alpha value is -2.34. The van der Waals surface area contributed by atoms with Crippen LogP contribution in [0.5, 0.6) is 0 Å². The number of rotatable bonds is 6. The van der Waals surface area contributed by atoms with Crippen LogP contribution in [0.15, 0.2) is 53.0 Å². The number of amides is 2. The predicted molar refractivity (Wildman–Crippen MR) is 96.6 cm³/mol. The van der Waals surface area contributed by atoms with Crippen LogP contribution in [0, 0.1) is 0 Å². The van der Waals surface area contributed by atoms with E-state index in [-0.39, 0.29) is 18.4 Å². The highest BCUT2D eigenvalue weighted by molar-refractivity contribution is 9.10. The average Bonchev–Trinajstić information content (AvgIpc) is 2.53. The molecule has 0 fully saturated rings. The number of hydrogen-bond acceptors (Lipinski definition) is 3. The Morgan fingerprint density at radius 3 is 2.22 bits per heavy atom. The first-order chi connectivity index (χ1) is 11.1. The van der Waals surface area contributed by atoms with E-state index in [2.05, 4.69) is 31.9 Å². The number of carbonyl (C=O) groups excluding carboxylic acids is 2. The molecule has 0 heterocycles. The Labute approximate surface area is 143 Å². The lowest BCUT2D eigenvalue weighted by molar-refractivity contribution is -0.116.